The molecule has 0 saturated heterocycles. The van der Waals surface area contributed by atoms with Crippen molar-refractivity contribution in [2.24, 2.45) is 5.10 Å². The molecule has 2 amide bonds. The van der Waals surface area contributed by atoms with E-state index in [-0.39, 0.29) is 17.9 Å². The number of hydrogen-bond donors (Lipinski definition) is 4. The molecule has 4 rings (SSSR count). The molecule has 0 bridgehead atoms. The summed E-state index contributed by atoms with van der Waals surface area (Å²) in [4.78, 5) is 35.3. The van der Waals surface area contributed by atoms with Crippen molar-refractivity contribution in [1.82, 2.24) is 20.6 Å². The molecule has 14 heteroatoms. The van der Waals surface area contributed by atoms with Gasteiger partial charge in [0.25, 0.3) is 5.69 Å². The van der Waals surface area contributed by atoms with Crippen molar-refractivity contribution in [3.63, 3.8) is 0 Å². The first-order valence-electron chi connectivity index (χ1n) is 13.7. The van der Waals surface area contributed by atoms with Crippen LogP contribution in [0.2, 0.25) is 0 Å². The van der Waals surface area contributed by atoms with Crippen LogP contribution in [0.5, 0.6) is 11.5 Å². The number of hydrogen-bond acceptors (Lipinski definition) is 10. The van der Waals surface area contributed by atoms with E-state index in [4.69, 9.17) is 14.2 Å². The average Bonchev–Trinajstić information content (AvgIpc) is 3.28. The number of aliphatic hydroxyl groups is 1. The summed E-state index contributed by atoms with van der Waals surface area (Å²) in [5.74, 6) is 0.101. The van der Waals surface area contributed by atoms with E-state index < -0.39 is 29.2 Å². The number of methoxy groups -OCH3 is 1. The molecule has 0 spiro atoms. The van der Waals surface area contributed by atoms with Crippen LogP contribution in [0.25, 0.3) is 5.69 Å². The number of amides is 2. The summed E-state index contributed by atoms with van der Waals surface area (Å²) < 4.78 is 18.3. The van der Waals surface area contributed by atoms with Gasteiger partial charge in [0.05, 0.1) is 42.2 Å². The van der Waals surface area contributed by atoms with Crippen LogP contribution >= 0.6 is 0 Å². The standard InChI is InChI=1S/C30H34N6O8/c1-6-43-25-13-20(28-27(29(38)42-5)18(3)32-30(39)33-28)10-11-24(25)44-16-26(37)34-31-15-21-12-17(2)35(19(21)4)22-8-7-9-23(14-22)36(40)41/h7-15,26,28,34,37H,6,16H2,1-5H3,(H2,32,33,39)/b31-15-/t26-,28+/m0/s1. The fraction of sp³-hybridized carbons (Fsp3) is 0.300. The minimum atomic E-state index is -1.18. The van der Waals surface area contributed by atoms with Crippen molar-refractivity contribution in [3.8, 4) is 17.2 Å². The summed E-state index contributed by atoms with van der Waals surface area (Å²) in [6.07, 6.45) is 0.363. The molecular formula is C30H34N6O8. The van der Waals surface area contributed by atoms with Crippen molar-refractivity contribution < 1.29 is 33.8 Å². The van der Waals surface area contributed by atoms with Gasteiger partial charge in [-0.2, -0.15) is 5.10 Å². The Labute approximate surface area is 253 Å². The van der Waals surface area contributed by atoms with Crippen LogP contribution in [-0.4, -0.2) is 59.4 Å². The van der Waals surface area contributed by atoms with E-state index in [1.54, 1.807) is 50.4 Å². The van der Waals surface area contributed by atoms with Crippen molar-refractivity contribution in [3.05, 3.63) is 92.4 Å². The fourth-order valence-electron chi connectivity index (χ4n) is 4.88. The molecule has 0 saturated carbocycles. The van der Waals surface area contributed by atoms with Gasteiger partial charge in [-0.05, 0) is 57.5 Å². The molecule has 1 aromatic heterocycles. The molecule has 0 radical (unpaired) electrons. The van der Waals surface area contributed by atoms with Gasteiger partial charge in [-0.25, -0.2) is 9.59 Å². The molecule has 1 aliphatic rings. The molecule has 232 valence electrons. The van der Waals surface area contributed by atoms with E-state index in [2.05, 4.69) is 21.2 Å². The number of nitro groups is 1. The summed E-state index contributed by atoms with van der Waals surface area (Å²) in [7, 11) is 1.26. The predicted octanol–water partition coefficient (Wildman–Crippen LogP) is 3.52. The van der Waals surface area contributed by atoms with Crippen LogP contribution in [0.4, 0.5) is 10.5 Å². The lowest BCUT2D eigenvalue weighted by atomic mass is 9.95. The van der Waals surface area contributed by atoms with Crippen molar-refractivity contribution >= 4 is 23.9 Å². The van der Waals surface area contributed by atoms with Crippen LogP contribution in [0, 0.1) is 24.0 Å². The van der Waals surface area contributed by atoms with E-state index in [9.17, 15) is 24.8 Å². The molecule has 44 heavy (non-hydrogen) atoms. The number of aromatic nitrogens is 1. The first-order valence-corrected chi connectivity index (χ1v) is 13.7. The number of ether oxygens (including phenoxy) is 3. The zero-order valence-electron chi connectivity index (χ0n) is 24.9. The predicted molar refractivity (Wildman–Crippen MR) is 161 cm³/mol. The highest BCUT2D eigenvalue weighted by Crippen LogP contribution is 2.35. The van der Waals surface area contributed by atoms with E-state index in [0.717, 1.165) is 17.0 Å². The Hall–Kier alpha value is -5.37. The Morgan fingerprint density at radius 2 is 1.95 bits per heavy atom. The monoisotopic (exact) mass is 606 g/mol. The number of aliphatic hydroxyl groups excluding tert-OH is 1. The highest BCUT2D eigenvalue weighted by molar-refractivity contribution is 5.95. The number of aryl methyl sites for hydroxylation is 1. The van der Waals surface area contributed by atoms with Gasteiger partial charge in [-0.3, -0.25) is 15.5 Å². The van der Waals surface area contributed by atoms with Gasteiger partial charge in [0.2, 0.25) is 0 Å². The van der Waals surface area contributed by atoms with E-state index in [1.807, 2.05) is 24.5 Å². The maximum Gasteiger partial charge on any atom is 0.337 e. The van der Waals surface area contributed by atoms with Crippen LogP contribution in [0.3, 0.4) is 0 Å². The lowest BCUT2D eigenvalue weighted by Gasteiger charge is -2.28. The minimum Gasteiger partial charge on any atom is -0.490 e. The maximum absolute atomic E-state index is 12.4. The first kappa shape index (κ1) is 31.6. The Balaban J connectivity index is 1.44. The summed E-state index contributed by atoms with van der Waals surface area (Å²) in [5, 5.41) is 31.1. The third-order valence-electron chi connectivity index (χ3n) is 6.87. The van der Waals surface area contributed by atoms with Crippen molar-refractivity contribution in [1.29, 1.82) is 0 Å². The number of carbonyl (C=O) groups excluding carboxylic acids is 2. The van der Waals surface area contributed by atoms with Crippen LogP contribution in [0.1, 0.15) is 42.4 Å². The number of nitrogens with zero attached hydrogens (tertiary/aromatic N) is 3. The number of nitro benzene ring substituents is 1. The van der Waals surface area contributed by atoms with E-state index in [0.29, 0.717) is 35.1 Å². The first-order chi connectivity index (χ1) is 21.0. The zero-order valence-corrected chi connectivity index (χ0v) is 24.9. The molecule has 3 aromatic rings. The third-order valence-corrected chi connectivity index (χ3v) is 6.87. The van der Waals surface area contributed by atoms with Gasteiger partial charge in [0.15, 0.2) is 17.7 Å². The molecule has 1 aliphatic heterocycles. The van der Waals surface area contributed by atoms with Gasteiger partial charge < -0.3 is 34.5 Å². The second-order valence-electron chi connectivity index (χ2n) is 9.85. The highest BCUT2D eigenvalue weighted by atomic mass is 16.6. The SMILES string of the molecule is CCOc1cc([C@H]2NC(=O)NC(C)=C2C(=O)OC)ccc1OC[C@H](O)N/N=C\c1cc(C)n(-c2cccc([N+](=O)[O-])c2)c1C. The largest absolute Gasteiger partial charge is 0.490 e. The number of nitrogens with one attached hydrogen (secondary N) is 3. The lowest BCUT2D eigenvalue weighted by Crippen LogP contribution is -2.45. The molecule has 0 aliphatic carbocycles. The Bertz CT molecular complexity index is 1630. The van der Waals surface area contributed by atoms with Gasteiger partial charge in [0.1, 0.15) is 6.61 Å². The second-order valence-corrected chi connectivity index (χ2v) is 9.85. The van der Waals surface area contributed by atoms with Crippen LogP contribution < -0.4 is 25.5 Å². The topological polar surface area (TPSA) is 179 Å². The number of allylic oxidation sites excluding steroid dienone is 1. The molecular weight excluding hydrogens is 572 g/mol. The van der Waals surface area contributed by atoms with Gasteiger partial charge >= 0.3 is 12.0 Å². The van der Waals surface area contributed by atoms with Gasteiger partial charge in [-0.15, -0.1) is 0 Å². The van der Waals surface area contributed by atoms with Crippen molar-refractivity contribution in [2.75, 3.05) is 20.3 Å². The number of urea groups is 1. The average molecular weight is 607 g/mol. The minimum absolute atomic E-state index is 0.00641. The molecule has 0 unspecified atom stereocenters. The van der Waals surface area contributed by atoms with Crippen LogP contribution in [0.15, 0.2) is 64.9 Å². The number of carbonyl (C=O) groups is 2. The highest BCUT2D eigenvalue weighted by Gasteiger charge is 2.32. The number of esters is 1. The Morgan fingerprint density at radius 3 is 2.66 bits per heavy atom. The van der Waals surface area contributed by atoms with Crippen molar-refractivity contribution in [2.45, 2.75) is 40.0 Å². The van der Waals surface area contributed by atoms with Gasteiger partial charge in [0, 0.05) is 34.8 Å². The second kappa shape index (κ2) is 13.7. The normalized spacial score (nSPS) is 15.4. The molecule has 2 aromatic carbocycles. The smallest absolute Gasteiger partial charge is 0.337 e. The zero-order chi connectivity index (χ0) is 32.0. The molecule has 4 N–H and O–H groups in total. The van der Waals surface area contributed by atoms with E-state index in [1.165, 1.54) is 19.2 Å². The number of non-ortho nitro benzene ring substituents is 1. The summed E-state index contributed by atoms with van der Waals surface area (Å²) in [5.41, 5.74) is 6.89. The number of hydrazone groups is 1. The third kappa shape index (κ3) is 6.98. The number of benzene rings is 2. The Kier molecular flexibility index (Phi) is 9.85. The summed E-state index contributed by atoms with van der Waals surface area (Å²) in [6, 6.07) is 12.0. The molecule has 14 nitrogen and oxygen atoms in total. The Morgan fingerprint density at radius 1 is 1.18 bits per heavy atom. The lowest BCUT2D eigenvalue weighted by molar-refractivity contribution is -0.384. The summed E-state index contributed by atoms with van der Waals surface area (Å²) >= 11 is 0. The molecule has 2 atom stereocenters. The number of rotatable bonds is 12. The van der Waals surface area contributed by atoms with Gasteiger partial charge in [-0.1, -0.05) is 12.1 Å². The molecule has 0 fully saturated rings. The maximum atomic E-state index is 12.4. The quantitative estimate of drug-likeness (QED) is 0.0789. The van der Waals surface area contributed by atoms with Crippen LogP contribution in [-0.2, 0) is 9.53 Å². The fourth-order valence-corrected chi connectivity index (χ4v) is 4.88. The van der Waals surface area contributed by atoms with E-state index >= 15 is 0 Å². The molecule has 2 heterocycles. The summed E-state index contributed by atoms with van der Waals surface area (Å²) in [6.45, 7) is 7.30.